The first-order chi connectivity index (χ1) is 14.6. The van der Waals surface area contributed by atoms with Gasteiger partial charge in [-0.15, -0.1) is 10.2 Å². The van der Waals surface area contributed by atoms with Crippen molar-refractivity contribution >= 4 is 40.8 Å². The lowest BCUT2D eigenvalue weighted by atomic mass is 10.2. The number of hydrogen-bond donors (Lipinski definition) is 0. The Kier molecular flexibility index (Phi) is 8.53. The van der Waals surface area contributed by atoms with Gasteiger partial charge in [0, 0.05) is 18.8 Å². The fourth-order valence-corrected chi connectivity index (χ4v) is 5.51. The molecule has 1 heterocycles. The van der Waals surface area contributed by atoms with E-state index < -0.39 is 0 Å². The van der Waals surface area contributed by atoms with Crippen LogP contribution >= 0.6 is 34.9 Å². The molecule has 0 aliphatic heterocycles. The van der Waals surface area contributed by atoms with Crippen LogP contribution in [0.4, 0.5) is 4.39 Å². The van der Waals surface area contributed by atoms with Crippen molar-refractivity contribution in [2.45, 2.75) is 27.9 Å². The molecule has 0 fully saturated rings. The number of ether oxygens (including phenoxy) is 1. The van der Waals surface area contributed by atoms with E-state index in [2.05, 4.69) is 10.2 Å². The van der Waals surface area contributed by atoms with Crippen LogP contribution < -0.4 is 4.74 Å². The number of benzene rings is 2. The molecule has 2 aromatic carbocycles. The zero-order chi connectivity index (χ0) is 21.3. The summed E-state index contributed by atoms with van der Waals surface area (Å²) in [6.07, 6.45) is 0. The maximum Gasteiger partial charge on any atom is 0.233 e. The second-order valence-corrected chi connectivity index (χ2v) is 9.72. The first-order valence-corrected chi connectivity index (χ1v) is 12.1. The maximum atomic E-state index is 13.4. The van der Waals surface area contributed by atoms with Gasteiger partial charge in [-0.05, 0) is 42.3 Å². The number of halogens is 1. The van der Waals surface area contributed by atoms with Crippen molar-refractivity contribution < 1.29 is 13.9 Å². The van der Waals surface area contributed by atoms with Gasteiger partial charge >= 0.3 is 0 Å². The Morgan fingerprint density at radius 1 is 1.10 bits per heavy atom. The molecule has 0 saturated carbocycles. The minimum atomic E-state index is -0.293. The normalized spacial score (nSPS) is 10.8. The number of carbonyl (C=O) groups excluding carboxylic acids is 1. The van der Waals surface area contributed by atoms with Crippen molar-refractivity contribution in [3.8, 4) is 5.75 Å². The van der Waals surface area contributed by atoms with Crippen LogP contribution in [-0.2, 0) is 17.1 Å². The van der Waals surface area contributed by atoms with Gasteiger partial charge in [0.25, 0.3) is 0 Å². The number of amides is 1. The fraction of sp³-hybridized carbons (Fsp3) is 0.286. The molecule has 0 N–H and O–H groups in total. The molecule has 0 atom stereocenters. The molecule has 3 aromatic rings. The summed E-state index contributed by atoms with van der Waals surface area (Å²) in [5.41, 5.74) is 1.96. The Morgan fingerprint density at radius 3 is 2.50 bits per heavy atom. The quantitative estimate of drug-likeness (QED) is 0.389. The summed E-state index contributed by atoms with van der Waals surface area (Å²) < 4.78 is 20.2. The van der Waals surface area contributed by atoms with Crippen LogP contribution in [0.25, 0.3) is 0 Å². The number of hydrogen-bond acceptors (Lipinski definition) is 7. The van der Waals surface area contributed by atoms with Crippen LogP contribution in [0.2, 0.25) is 0 Å². The lowest BCUT2D eigenvalue weighted by Gasteiger charge is -2.20. The minimum Gasteiger partial charge on any atom is -0.497 e. The van der Waals surface area contributed by atoms with E-state index in [1.807, 2.05) is 37.3 Å². The molecule has 0 bridgehead atoms. The Bertz CT molecular complexity index is 966. The third-order valence-electron chi connectivity index (χ3n) is 4.23. The third-order valence-corrected chi connectivity index (χ3v) is 7.47. The molecule has 30 heavy (non-hydrogen) atoms. The largest absolute Gasteiger partial charge is 0.497 e. The van der Waals surface area contributed by atoms with Gasteiger partial charge in [-0.1, -0.05) is 59.1 Å². The lowest BCUT2D eigenvalue weighted by molar-refractivity contribution is -0.128. The zero-order valence-electron chi connectivity index (χ0n) is 16.7. The molecule has 0 aliphatic rings. The standard InChI is InChI=1S/C21H22FN3O2S3/c1-3-25(12-16-5-4-6-17(22)11-16)19(26)14-29-21-24-23-20(30-21)28-13-15-7-9-18(27-2)10-8-15/h4-11H,3,12-14H2,1-2H3. The minimum absolute atomic E-state index is 0.00519. The van der Waals surface area contributed by atoms with Crippen molar-refractivity contribution in [2.75, 3.05) is 19.4 Å². The summed E-state index contributed by atoms with van der Waals surface area (Å²) in [6.45, 7) is 2.88. The molecule has 1 amide bonds. The summed E-state index contributed by atoms with van der Waals surface area (Å²) >= 11 is 4.48. The molecule has 1 aromatic heterocycles. The van der Waals surface area contributed by atoms with Crippen LogP contribution in [-0.4, -0.2) is 40.4 Å². The monoisotopic (exact) mass is 463 g/mol. The Morgan fingerprint density at radius 2 is 1.83 bits per heavy atom. The van der Waals surface area contributed by atoms with Crippen LogP contribution in [0.15, 0.2) is 57.2 Å². The van der Waals surface area contributed by atoms with Crippen molar-refractivity contribution in [2.24, 2.45) is 0 Å². The average molecular weight is 464 g/mol. The molecular formula is C21H22FN3O2S3. The summed E-state index contributed by atoms with van der Waals surface area (Å²) in [4.78, 5) is 14.3. The van der Waals surface area contributed by atoms with E-state index in [1.54, 1.807) is 29.8 Å². The summed E-state index contributed by atoms with van der Waals surface area (Å²) in [5.74, 6) is 1.61. The second-order valence-electron chi connectivity index (χ2n) is 6.30. The number of thioether (sulfide) groups is 2. The smallest absolute Gasteiger partial charge is 0.233 e. The lowest BCUT2D eigenvalue weighted by Crippen LogP contribution is -2.31. The molecule has 0 spiro atoms. The van der Waals surface area contributed by atoms with Crippen LogP contribution in [0.3, 0.4) is 0 Å². The molecule has 9 heteroatoms. The van der Waals surface area contributed by atoms with Crippen molar-refractivity contribution in [3.05, 3.63) is 65.5 Å². The molecule has 0 unspecified atom stereocenters. The van der Waals surface area contributed by atoms with Crippen LogP contribution in [0, 0.1) is 5.82 Å². The van der Waals surface area contributed by atoms with Gasteiger partial charge in [-0.3, -0.25) is 4.79 Å². The van der Waals surface area contributed by atoms with Crippen molar-refractivity contribution in [3.63, 3.8) is 0 Å². The van der Waals surface area contributed by atoms with Gasteiger partial charge in [0.15, 0.2) is 8.68 Å². The molecular weight excluding hydrogens is 441 g/mol. The fourth-order valence-electron chi connectivity index (χ4n) is 2.63. The molecule has 0 saturated heterocycles. The Labute approximate surface area is 188 Å². The van der Waals surface area contributed by atoms with Gasteiger partial charge in [0.1, 0.15) is 11.6 Å². The first kappa shape index (κ1) is 22.6. The number of methoxy groups -OCH3 is 1. The molecule has 5 nitrogen and oxygen atoms in total. The van der Waals surface area contributed by atoms with Gasteiger partial charge in [-0.25, -0.2) is 4.39 Å². The highest BCUT2D eigenvalue weighted by atomic mass is 32.2. The third kappa shape index (κ3) is 6.72. The molecule has 3 rings (SSSR count). The predicted molar refractivity (Wildman–Crippen MR) is 121 cm³/mol. The Balaban J connectivity index is 1.48. The van der Waals surface area contributed by atoms with E-state index in [4.69, 9.17) is 4.74 Å². The predicted octanol–water partition coefficient (Wildman–Crippen LogP) is 5.12. The number of aromatic nitrogens is 2. The van der Waals surface area contributed by atoms with E-state index in [0.29, 0.717) is 13.1 Å². The van der Waals surface area contributed by atoms with Crippen LogP contribution in [0.1, 0.15) is 18.1 Å². The van der Waals surface area contributed by atoms with Gasteiger partial charge < -0.3 is 9.64 Å². The van der Waals surface area contributed by atoms with Crippen molar-refractivity contribution in [1.82, 2.24) is 15.1 Å². The summed E-state index contributed by atoms with van der Waals surface area (Å²) in [5, 5.41) is 8.38. The number of rotatable bonds is 10. The Hall–Kier alpha value is -2.10. The van der Waals surface area contributed by atoms with E-state index >= 15 is 0 Å². The van der Waals surface area contributed by atoms with Crippen molar-refractivity contribution in [1.29, 1.82) is 0 Å². The first-order valence-electron chi connectivity index (χ1n) is 9.31. The maximum absolute atomic E-state index is 13.4. The topological polar surface area (TPSA) is 55.3 Å². The highest BCUT2D eigenvalue weighted by Gasteiger charge is 2.15. The van der Waals surface area contributed by atoms with Crippen LogP contribution in [0.5, 0.6) is 5.75 Å². The van der Waals surface area contributed by atoms with Gasteiger partial charge in [-0.2, -0.15) is 0 Å². The highest BCUT2D eigenvalue weighted by Crippen LogP contribution is 2.31. The van der Waals surface area contributed by atoms with E-state index in [-0.39, 0.29) is 17.5 Å². The molecule has 158 valence electrons. The second kappa shape index (κ2) is 11.3. The van der Waals surface area contributed by atoms with E-state index in [0.717, 1.165) is 25.7 Å². The van der Waals surface area contributed by atoms with E-state index in [1.165, 1.54) is 40.8 Å². The van der Waals surface area contributed by atoms with Gasteiger partial charge in [0.2, 0.25) is 5.91 Å². The molecule has 0 radical (unpaired) electrons. The van der Waals surface area contributed by atoms with E-state index in [9.17, 15) is 9.18 Å². The number of carbonyl (C=O) groups is 1. The molecule has 0 aliphatic carbocycles. The van der Waals surface area contributed by atoms with Gasteiger partial charge in [0.05, 0.1) is 12.9 Å². The highest BCUT2D eigenvalue weighted by molar-refractivity contribution is 8.03. The SMILES string of the molecule is CCN(Cc1cccc(F)c1)C(=O)CSc1nnc(SCc2ccc(OC)cc2)s1. The zero-order valence-corrected chi connectivity index (χ0v) is 19.2. The number of nitrogens with zero attached hydrogens (tertiary/aromatic N) is 3. The summed E-state index contributed by atoms with van der Waals surface area (Å²) in [6, 6.07) is 14.3. The average Bonchev–Trinajstić information content (AvgIpc) is 3.22. The summed E-state index contributed by atoms with van der Waals surface area (Å²) in [7, 11) is 1.65.